The summed E-state index contributed by atoms with van der Waals surface area (Å²) in [6, 6.07) is 19.0. The van der Waals surface area contributed by atoms with E-state index >= 15 is 0 Å². The molecule has 1 amide bonds. The van der Waals surface area contributed by atoms with Crippen LogP contribution in [0.5, 0.6) is 0 Å². The van der Waals surface area contributed by atoms with Crippen LogP contribution in [-0.2, 0) is 16.0 Å². The number of nitrogens with zero attached hydrogens (tertiary/aromatic N) is 3. The van der Waals surface area contributed by atoms with Gasteiger partial charge in [-0.05, 0) is 43.2 Å². The number of hydrogen-bond donors (Lipinski definition) is 2. The van der Waals surface area contributed by atoms with Gasteiger partial charge in [0.1, 0.15) is 6.07 Å². The maximum absolute atomic E-state index is 13.0. The number of carbonyl (C=O) groups excluding carboxylic acids is 1. The Labute approximate surface area is 187 Å². The third kappa shape index (κ3) is 4.72. The molecule has 2 aromatic carbocycles. The maximum Gasteiger partial charge on any atom is 0.251 e. The number of nitriles is 1. The molecule has 4 rings (SSSR count). The van der Waals surface area contributed by atoms with Crippen LogP contribution in [0, 0.1) is 11.3 Å². The first-order valence-electron chi connectivity index (χ1n) is 10.7. The lowest BCUT2D eigenvalue weighted by Gasteiger charge is -2.38. The normalized spacial score (nSPS) is 19.3. The van der Waals surface area contributed by atoms with Crippen LogP contribution >= 0.6 is 0 Å². The predicted octanol–water partition coefficient (Wildman–Crippen LogP) is 2.42. The monoisotopic (exact) mass is 430 g/mol. The molecule has 1 aliphatic heterocycles. The number of rotatable bonds is 6. The molecule has 7 heteroatoms. The Hall–Kier alpha value is -3.47. The summed E-state index contributed by atoms with van der Waals surface area (Å²) in [7, 11) is 0. The Morgan fingerprint density at radius 2 is 2.06 bits per heavy atom. The Morgan fingerprint density at radius 1 is 1.25 bits per heavy atom. The molecule has 0 bridgehead atoms. The number of hydrogen-bond acceptors (Lipinski definition) is 6. The van der Waals surface area contributed by atoms with Crippen LogP contribution in [0.2, 0.25) is 0 Å². The molecule has 1 saturated heterocycles. The van der Waals surface area contributed by atoms with Crippen LogP contribution in [0.25, 0.3) is 10.9 Å². The van der Waals surface area contributed by atoms with Crippen molar-refractivity contribution in [1.29, 1.82) is 5.26 Å². The number of aliphatic hydroxyl groups is 1. The van der Waals surface area contributed by atoms with E-state index in [4.69, 9.17) is 4.74 Å². The van der Waals surface area contributed by atoms with E-state index in [-0.39, 0.29) is 24.7 Å². The van der Waals surface area contributed by atoms with Crippen molar-refractivity contribution in [2.75, 3.05) is 24.6 Å². The van der Waals surface area contributed by atoms with Crippen molar-refractivity contribution < 1.29 is 14.6 Å². The van der Waals surface area contributed by atoms with E-state index in [0.29, 0.717) is 30.6 Å². The summed E-state index contributed by atoms with van der Waals surface area (Å²) in [5, 5.41) is 23.0. The van der Waals surface area contributed by atoms with Crippen LogP contribution in [0.15, 0.2) is 60.8 Å². The van der Waals surface area contributed by atoms with Gasteiger partial charge in [0.05, 0.1) is 36.4 Å². The fraction of sp³-hybridized carbons (Fsp3) is 0.320. The number of aliphatic hydroxyl groups excluding tert-OH is 1. The van der Waals surface area contributed by atoms with Crippen LogP contribution < -0.4 is 10.2 Å². The van der Waals surface area contributed by atoms with Gasteiger partial charge in [-0.2, -0.15) is 5.26 Å². The number of aromatic nitrogens is 1. The van der Waals surface area contributed by atoms with Crippen molar-refractivity contribution in [1.82, 2.24) is 10.3 Å². The number of morpholine rings is 1. The van der Waals surface area contributed by atoms with Gasteiger partial charge in [0.25, 0.3) is 5.91 Å². The van der Waals surface area contributed by atoms with Crippen molar-refractivity contribution in [3.05, 3.63) is 71.9 Å². The van der Waals surface area contributed by atoms with Gasteiger partial charge in [-0.15, -0.1) is 0 Å². The van der Waals surface area contributed by atoms with Crippen molar-refractivity contribution >= 4 is 22.5 Å². The molecule has 2 heterocycles. The van der Waals surface area contributed by atoms with E-state index in [1.165, 1.54) is 0 Å². The summed E-state index contributed by atoms with van der Waals surface area (Å²) in [6.45, 7) is 2.77. The molecule has 3 atom stereocenters. The van der Waals surface area contributed by atoms with Crippen LogP contribution in [0.4, 0.5) is 5.69 Å². The lowest BCUT2D eigenvalue weighted by molar-refractivity contribution is -0.138. The largest absolute Gasteiger partial charge is 0.394 e. The first kappa shape index (κ1) is 21.8. The molecule has 2 N–H and O–H groups in total. The van der Waals surface area contributed by atoms with E-state index in [9.17, 15) is 15.2 Å². The number of ether oxygens (including phenoxy) is 1. The average Bonchev–Trinajstić information content (AvgIpc) is 2.83. The zero-order valence-electron chi connectivity index (χ0n) is 17.9. The summed E-state index contributed by atoms with van der Waals surface area (Å²) in [5.41, 5.74) is 3.13. The smallest absolute Gasteiger partial charge is 0.251 e. The highest BCUT2D eigenvalue weighted by Crippen LogP contribution is 2.30. The summed E-state index contributed by atoms with van der Waals surface area (Å²) in [4.78, 5) is 19.5. The van der Waals surface area contributed by atoms with E-state index in [1.54, 1.807) is 12.3 Å². The van der Waals surface area contributed by atoms with Crippen LogP contribution in [0.3, 0.4) is 0 Å². The Morgan fingerprint density at radius 3 is 2.81 bits per heavy atom. The van der Waals surface area contributed by atoms with Gasteiger partial charge < -0.3 is 20.1 Å². The number of anilines is 1. The number of fused-ring (bicyclic) bond motifs is 1. The maximum atomic E-state index is 13.0. The minimum atomic E-state index is -0.675. The Bertz CT molecular complexity index is 1130. The van der Waals surface area contributed by atoms with Gasteiger partial charge in [0.2, 0.25) is 0 Å². The summed E-state index contributed by atoms with van der Waals surface area (Å²) in [5.74, 6) is -0.243. The molecule has 1 aliphatic rings. The third-order valence-corrected chi connectivity index (χ3v) is 5.65. The standard InChI is InChI=1S/C25H26N4O3/c1-17-14-29(22-10-9-19(13-26)24-21(22)8-5-11-27-24)15-23(32-17)25(31)28-20(16-30)12-18-6-3-2-4-7-18/h2-11,17,20,23,30H,12,14-16H2,1H3,(H,28,31)/t17-,20+,23-/m1/s1. The number of nitrogens with one attached hydrogen (secondary N) is 1. The second-order valence-corrected chi connectivity index (χ2v) is 8.06. The number of amides is 1. The predicted molar refractivity (Wildman–Crippen MR) is 122 cm³/mol. The molecular formula is C25H26N4O3. The van der Waals surface area contributed by atoms with Gasteiger partial charge in [-0.25, -0.2) is 0 Å². The molecule has 0 unspecified atom stereocenters. The van der Waals surface area contributed by atoms with Crippen LogP contribution in [-0.4, -0.2) is 53.9 Å². The SMILES string of the molecule is C[C@@H]1CN(c2ccc(C#N)c3ncccc23)C[C@H](C(=O)N[C@H](CO)Cc2ccccc2)O1. The molecule has 1 aromatic heterocycles. The van der Waals surface area contributed by atoms with Crippen molar-refractivity contribution in [3.8, 4) is 6.07 Å². The Balaban J connectivity index is 1.52. The topological polar surface area (TPSA) is 98.5 Å². The minimum Gasteiger partial charge on any atom is -0.394 e. The van der Waals surface area contributed by atoms with Gasteiger partial charge >= 0.3 is 0 Å². The first-order chi connectivity index (χ1) is 15.6. The van der Waals surface area contributed by atoms with Crippen molar-refractivity contribution in [3.63, 3.8) is 0 Å². The van der Waals surface area contributed by atoms with Crippen LogP contribution in [0.1, 0.15) is 18.1 Å². The first-order valence-corrected chi connectivity index (χ1v) is 10.7. The van der Waals surface area contributed by atoms with E-state index < -0.39 is 6.10 Å². The highest BCUT2D eigenvalue weighted by Gasteiger charge is 2.32. The van der Waals surface area contributed by atoms with E-state index in [0.717, 1.165) is 16.6 Å². The summed E-state index contributed by atoms with van der Waals surface area (Å²) in [6.07, 6.45) is 1.38. The summed E-state index contributed by atoms with van der Waals surface area (Å²) < 4.78 is 5.95. The minimum absolute atomic E-state index is 0.154. The van der Waals surface area contributed by atoms with Gasteiger partial charge in [0.15, 0.2) is 6.10 Å². The zero-order chi connectivity index (χ0) is 22.5. The summed E-state index contributed by atoms with van der Waals surface area (Å²) >= 11 is 0. The van der Waals surface area contributed by atoms with Gasteiger partial charge in [-0.1, -0.05) is 30.3 Å². The number of benzene rings is 2. The second-order valence-electron chi connectivity index (χ2n) is 8.06. The molecule has 0 saturated carbocycles. The van der Waals surface area contributed by atoms with E-state index in [2.05, 4.69) is 21.3 Å². The van der Waals surface area contributed by atoms with Gasteiger partial charge in [-0.3, -0.25) is 9.78 Å². The van der Waals surface area contributed by atoms with Gasteiger partial charge in [0, 0.05) is 23.8 Å². The molecule has 164 valence electrons. The quantitative estimate of drug-likeness (QED) is 0.623. The molecule has 0 radical (unpaired) electrons. The van der Waals surface area contributed by atoms with Crippen molar-refractivity contribution in [2.24, 2.45) is 0 Å². The average molecular weight is 431 g/mol. The lowest BCUT2D eigenvalue weighted by Crippen LogP contribution is -2.55. The molecular weight excluding hydrogens is 404 g/mol. The zero-order valence-corrected chi connectivity index (χ0v) is 17.9. The number of carbonyl (C=O) groups is 1. The molecule has 0 aliphatic carbocycles. The van der Waals surface area contributed by atoms with Crippen molar-refractivity contribution in [2.45, 2.75) is 31.6 Å². The highest BCUT2D eigenvalue weighted by molar-refractivity contribution is 5.95. The lowest BCUT2D eigenvalue weighted by atomic mass is 10.0. The molecule has 32 heavy (non-hydrogen) atoms. The Kier molecular flexibility index (Phi) is 6.64. The molecule has 1 fully saturated rings. The van der Waals surface area contributed by atoms with E-state index in [1.807, 2.05) is 55.5 Å². The fourth-order valence-corrected chi connectivity index (χ4v) is 4.17. The third-order valence-electron chi connectivity index (χ3n) is 5.65. The molecule has 0 spiro atoms. The molecule has 7 nitrogen and oxygen atoms in total. The number of pyridine rings is 1. The second kappa shape index (κ2) is 9.77. The molecule has 3 aromatic rings. The highest BCUT2D eigenvalue weighted by atomic mass is 16.5. The fourth-order valence-electron chi connectivity index (χ4n) is 4.17.